The molecular formula is C21H19Cl2N5O. The van der Waals surface area contributed by atoms with E-state index in [0.29, 0.717) is 15.7 Å². The lowest BCUT2D eigenvalue weighted by Crippen LogP contribution is -2.38. The normalized spacial score (nSPS) is 14.6. The molecule has 1 amide bonds. The maximum atomic E-state index is 12.6. The molecule has 1 fully saturated rings. The van der Waals surface area contributed by atoms with E-state index in [-0.39, 0.29) is 11.8 Å². The van der Waals surface area contributed by atoms with Crippen molar-refractivity contribution < 1.29 is 4.79 Å². The van der Waals surface area contributed by atoms with Crippen LogP contribution in [0.5, 0.6) is 0 Å². The maximum Gasteiger partial charge on any atom is 0.227 e. The number of hydrogen-bond acceptors (Lipinski definition) is 5. The second kappa shape index (κ2) is 8.76. The van der Waals surface area contributed by atoms with Crippen LogP contribution in [-0.2, 0) is 4.79 Å². The van der Waals surface area contributed by atoms with Crippen LogP contribution in [0.15, 0.2) is 54.9 Å². The molecule has 3 aromatic rings. The molecule has 0 bridgehead atoms. The SMILES string of the molecule is O=C(Nc1ccc(Cl)c(Cl)c1)C1CCN(c2ccc(-c3ccncc3)nn2)CC1. The summed E-state index contributed by atoms with van der Waals surface area (Å²) in [5, 5.41) is 12.5. The van der Waals surface area contributed by atoms with Crippen LogP contribution in [0.2, 0.25) is 10.0 Å². The monoisotopic (exact) mass is 427 g/mol. The van der Waals surface area contributed by atoms with Crippen LogP contribution in [0.3, 0.4) is 0 Å². The predicted molar refractivity (Wildman–Crippen MR) is 115 cm³/mol. The van der Waals surface area contributed by atoms with Gasteiger partial charge in [0.2, 0.25) is 5.91 Å². The molecule has 1 saturated heterocycles. The van der Waals surface area contributed by atoms with Gasteiger partial charge in [-0.25, -0.2) is 0 Å². The number of piperidine rings is 1. The molecule has 148 valence electrons. The molecule has 1 aliphatic rings. The molecule has 0 unspecified atom stereocenters. The van der Waals surface area contributed by atoms with Crippen molar-refractivity contribution in [2.24, 2.45) is 5.92 Å². The molecule has 29 heavy (non-hydrogen) atoms. The zero-order valence-electron chi connectivity index (χ0n) is 15.6. The van der Waals surface area contributed by atoms with Gasteiger partial charge in [0.1, 0.15) is 0 Å². The minimum atomic E-state index is -0.0512. The lowest BCUT2D eigenvalue weighted by atomic mass is 9.96. The first-order valence-corrected chi connectivity index (χ1v) is 10.1. The van der Waals surface area contributed by atoms with Gasteiger partial charge in [-0.3, -0.25) is 9.78 Å². The van der Waals surface area contributed by atoms with E-state index in [1.807, 2.05) is 24.3 Å². The van der Waals surface area contributed by atoms with Gasteiger partial charge in [0.05, 0.1) is 15.7 Å². The summed E-state index contributed by atoms with van der Waals surface area (Å²) >= 11 is 11.9. The van der Waals surface area contributed by atoms with Crippen molar-refractivity contribution in [2.45, 2.75) is 12.8 Å². The van der Waals surface area contributed by atoms with Crippen molar-refractivity contribution in [3.8, 4) is 11.3 Å². The highest BCUT2D eigenvalue weighted by molar-refractivity contribution is 6.42. The smallest absolute Gasteiger partial charge is 0.227 e. The van der Waals surface area contributed by atoms with Crippen molar-refractivity contribution in [3.05, 3.63) is 64.9 Å². The zero-order chi connectivity index (χ0) is 20.2. The molecule has 0 aliphatic carbocycles. The summed E-state index contributed by atoms with van der Waals surface area (Å²) in [5.74, 6) is 0.776. The Balaban J connectivity index is 1.34. The Kier molecular flexibility index (Phi) is 5.92. The molecule has 3 heterocycles. The second-order valence-corrected chi connectivity index (χ2v) is 7.71. The average molecular weight is 428 g/mol. The number of pyridine rings is 1. The second-order valence-electron chi connectivity index (χ2n) is 6.89. The summed E-state index contributed by atoms with van der Waals surface area (Å²) in [5.41, 5.74) is 2.45. The topological polar surface area (TPSA) is 71.0 Å². The van der Waals surface area contributed by atoms with E-state index < -0.39 is 0 Å². The fraction of sp³-hybridized carbons (Fsp3) is 0.238. The first-order valence-electron chi connectivity index (χ1n) is 9.35. The van der Waals surface area contributed by atoms with Gasteiger partial charge in [0.25, 0.3) is 0 Å². The van der Waals surface area contributed by atoms with Crippen molar-refractivity contribution in [1.29, 1.82) is 0 Å². The molecule has 6 nitrogen and oxygen atoms in total. The number of nitrogens with zero attached hydrogens (tertiary/aromatic N) is 4. The number of carbonyl (C=O) groups is 1. The molecule has 1 aliphatic heterocycles. The van der Waals surface area contributed by atoms with Gasteiger partial charge in [-0.1, -0.05) is 23.2 Å². The van der Waals surface area contributed by atoms with Crippen LogP contribution in [0.25, 0.3) is 11.3 Å². The molecule has 8 heteroatoms. The molecule has 2 aromatic heterocycles. The molecule has 1 N–H and O–H groups in total. The predicted octanol–water partition coefficient (Wildman–Crippen LogP) is 4.70. The van der Waals surface area contributed by atoms with Gasteiger partial charge in [-0.2, -0.15) is 0 Å². The minimum Gasteiger partial charge on any atom is -0.355 e. The van der Waals surface area contributed by atoms with Gasteiger partial charge in [0, 0.05) is 42.7 Å². The third-order valence-electron chi connectivity index (χ3n) is 5.00. The fourth-order valence-electron chi connectivity index (χ4n) is 3.36. The standard InChI is InChI=1S/C21H19Cl2N5O/c22-17-2-1-16(13-18(17)23)25-21(29)15-7-11-28(12-8-15)20-4-3-19(26-27-20)14-5-9-24-10-6-14/h1-6,9-10,13,15H,7-8,11-12H2,(H,25,29). The molecule has 0 radical (unpaired) electrons. The quantitative estimate of drug-likeness (QED) is 0.652. The molecule has 0 atom stereocenters. The van der Waals surface area contributed by atoms with E-state index in [9.17, 15) is 4.79 Å². The van der Waals surface area contributed by atoms with E-state index in [1.54, 1.807) is 30.6 Å². The average Bonchev–Trinajstić information content (AvgIpc) is 2.77. The molecule has 4 rings (SSSR count). The Morgan fingerprint density at radius 1 is 0.966 bits per heavy atom. The summed E-state index contributed by atoms with van der Waals surface area (Å²) < 4.78 is 0. The highest BCUT2D eigenvalue weighted by atomic mass is 35.5. The van der Waals surface area contributed by atoms with Gasteiger partial charge < -0.3 is 10.2 Å². The van der Waals surface area contributed by atoms with Crippen molar-refractivity contribution in [1.82, 2.24) is 15.2 Å². The number of hydrogen-bond donors (Lipinski definition) is 1. The first-order chi connectivity index (χ1) is 14.1. The van der Waals surface area contributed by atoms with Crippen LogP contribution < -0.4 is 10.2 Å². The molecular weight excluding hydrogens is 409 g/mol. The van der Waals surface area contributed by atoms with E-state index >= 15 is 0 Å². The van der Waals surface area contributed by atoms with Gasteiger partial charge in [-0.15, -0.1) is 10.2 Å². The van der Waals surface area contributed by atoms with Gasteiger partial charge in [0.15, 0.2) is 5.82 Å². The van der Waals surface area contributed by atoms with Crippen molar-refractivity contribution >= 4 is 40.6 Å². The number of halogens is 2. The first kappa shape index (κ1) is 19.6. The van der Waals surface area contributed by atoms with E-state index in [0.717, 1.165) is 43.0 Å². The summed E-state index contributed by atoms with van der Waals surface area (Å²) in [6, 6.07) is 12.8. The van der Waals surface area contributed by atoms with E-state index in [1.165, 1.54) is 0 Å². The number of carbonyl (C=O) groups excluding carboxylic acids is 1. The molecule has 1 aromatic carbocycles. The number of benzene rings is 1. The van der Waals surface area contributed by atoms with Crippen LogP contribution >= 0.6 is 23.2 Å². The Hall–Kier alpha value is -2.70. The van der Waals surface area contributed by atoms with E-state index in [2.05, 4.69) is 25.4 Å². The Morgan fingerprint density at radius 2 is 1.72 bits per heavy atom. The highest BCUT2D eigenvalue weighted by Gasteiger charge is 2.26. The van der Waals surface area contributed by atoms with Crippen LogP contribution in [0.1, 0.15) is 12.8 Å². The van der Waals surface area contributed by atoms with Crippen LogP contribution in [0, 0.1) is 5.92 Å². The summed E-state index contributed by atoms with van der Waals surface area (Å²) in [6.45, 7) is 1.51. The minimum absolute atomic E-state index is 0.00200. The Labute approximate surface area is 178 Å². The van der Waals surface area contributed by atoms with E-state index in [4.69, 9.17) is 23.2 Å². The third-order valence-corrected chi connectivity index (χ3v) is 5.74. The lowest BCUT2D eigenvalue weighted by molar-refractivity contribution is -0.120. The number of amides is 1. The summed E-state index contributed by atoms with van der Waals surface area (Å²) in [7, 11) is 0. The Morgan fingerprint density at radius 3 is 2.38 bits per heavy atom. The zero-order valence-corrected chi connectivity index (χ0v) is 17.1. The van der Waals surface area contributed by atoms with Gasteiger partial charge in [-0.05, 0) is 55.3 Å². The Bertz CT molecular complexity index is 990. The van der Waals surface area contributed by atoms with Gasteiger partial charge >= 0.3 is 0 Å². The van der Waals surface area contributed by atoms with Crippen molar-refractivity contribution in [2.75, 3.05) is 23.3 Å². The fourth-order valence-corrected chi connectivity index (χ4v) is 3.66. The van der Waals surface area contributed by atoms with Crippen molar-refractivity contribution in [3.63, 3.8) is 0 Å². The summed E-state index contributed by atoms with van der Waals surface area (Å²) in [4.78, 5) is 18.7. The number of nitrogens with one attached hydrogen (secondary N) is 1. The summed E-state index contributed by atoms with van der Waals surface area (Å²) in [6.07, 6.45) is 4.97. The largest absolute Gasteiger partial charge is 0.355 e. The number of aromatic nitrogens is 3. The molecule has 0 saturated carbocycles. The lowest BCUT2D eigenvalue weighted by Gasteiger charge is -2.31. The molecule has 0 spiro atoms. The highest BCUT2D eigenvalue weighted by Crippen LogP contribution is 2.27. The third kappa shape index (κ3) is 4.66. The number of rotatable bonds is 4. The van der Waals surface area contributed by atoms with Crippen LogP contribution in [0.4, 0.5) is 11.5 Å². The number of anilines is 2. The maximum absolute atomic E-state index is 12.6. The van der Waals surface area contributed by atoms with Crippen LogP contribution in [-0.4, -0.2) is 34.2 Å².